The predicted octanol–water partition coefficient (Wildman–Crippen LogP) is 2.76. The molecule has 2 amide bonds. The van der Waals surface area contributed by atoms with Crippen molar-refractivity contribution in [1.82, 2.24) is 10.2 Å². The van der Waals surface area contributed by atoms with Gasteiger partial charge in [0.05, 0.1) is 0 Å². The fraction of sp³-hybridized carbons (Fsp3) is 0.600. The van der Waals surface area contributed by atoms with Crippen LogP contribution in [0.5, 0.6) is 0 Å². The minimum absolute atomic E-state index is 0.0618. The van der Waals surface area contributed by atoms with Gasteiger partial charge in [0, 0.05) is 37.0 Å². The van der Waals surface area contributed by atoms with Crippen LogP contribution in [0, 0.1) is 5.92 Å². The molecule has 0 bridgehead atoms. The molecule has 0 fully saturated rings. The van der Waals surface area contributed by atoms with Crippen LogP contribution in [0.3, 0.4) is 0 Å². The summed E-state index contributed by atoms with van der Waals surface area (Å²) in [6.45, 7) is 8.31. The highest BCUT2D eigenvalue weighted by Crippen LogP contribution is 2.06. The molecule has 5 heteroatoms. The Labute approximate surface area is 125 Å². The highest BCUT2D eigenvalue weighted by molar-refractivity contribution is 7.08. The molecule has 0 aromatic carbocycles. The molecule has 0 aliphatic rings. The molecule has 0 aliphatic heterocycles. The van der Waals surface area contributed by atoms with Crippen molar-refractivity contribution in [1.29, 1.82) is 0 Å². The molecule has 1 N–H and O–H groups in total. The Bertz CT molecular complexity index is 416. The maximum atomic E-state index is 12.0. The lowest BCUT2D eigenvalue weighted by atomic mass is 10.2. The Morgan fingerprint density at radius 2 is 2.15 bits per heavy atom. The molecule has 0 aliphatic carbocycles. The van der Waals surface area contributed by atoms with E-state index >= 15 is 0 Å². The van der Waals surface area contributed by atoms with Gasteiger partial charge in [-0.15, -0.1) is 0 Å². The third-order valence-corrected chi connectivity index (χ3v) is 3.64. The summed E-state index contributed by atoms with van der Waals surface area (Å²) in [5.74, 6) is 0.594. The molecule has 1 rings (SSSR count). The van der Waals surface area contributed by atoms with Crippen LogP contribution in [0.4, 0.5) is 0 Å². The molecule has 4 nitrogen and oxygen atoms in total. The number of hydrogen-bond acceptors (Lipinski definition) is 3. The zero-order valence-electron chi connectivity index (χ0n) is 12.5. The average Bonchev–Trinajstić information content (AvgIpc) is 2.94. The molecular formula is C15H24N2O2S. The molecule has 1 aromatic rings. The lowest BCUT2D eigenvalue weighted by Gasteiger charge is -2.22. The number of rotatable bonds is 8. The van der Waals surface area contributed by atoms with Crippen LogP contribution < -0.4 is 5.32 Å². The van der Waals surface area contributed by atoms with Gasteiger partial charge in [0.25, 0.3) is 5.91 Å². The second-order valence-corrected chi connectivity index (χ2v) is 5.98. The molecular weight excluding hydrogens is 272 g/mol. The Morgan fingerprint density at radius 3 is 2.70 bits per heavy atom. The number of hydrogen-bond donors (Lipinski definition) is 1. The van der Waals surface area contributed by atoms with Crippen LogP contribution in [-0.2, 0) is 4.79 Å². The lowest BCUT2D eigenvalue weighted by molar-refractivity contribution is -0.131. The Hall–Kier alpha value is -1.36. The van der Waals surface area contributed by atoms with Crippen molar-refractivity contribution in [2.45, 2.75) is 33.6 Å². The molecule has 0 spiro atoms. The van der Waals surface area contributed by atoms with E-state index in [-0.39, 0.29) is 11.8 Å². The number of carbonyl (C=O) groups excluding carboxylic acids is 2. The summed E-state index contributed by atoms with van der Waals surface area (Å²) < 4.78 is 0. The number of thiophene rings is 1. The van der Waals surface area contributed by atoms with Gasteiger partial charge in [-0.25, -0.2) is 0 Å². The summed E-state index contributed by atoms with van der Waals surface area (Å²) in [5, 5.41) is 6.53. The Kier molecular flexibility index (Phi) is 7.30. The molecule has 0 atom stereocenters. The quantitative estimate of drug-likeness (QED) is 0.750. The second kappa shape index (κ2) is 8.74. The van der Waals surface area contributed by atoms with Gasteiger partial charge < -0.3 is 10.2 Å². The fourth-order valence-electron chi connectivity index (χ4n) is 1.94. The van der Waals surface area contributed by atoms with E-state index in [1.165, 1.54) is 11.3 Å². The van der Waals surface area contributed by atoms with Gasteiger partial charge in [0.15, 0.2) is 0 Å². The molecule has 112 valence electrons. The zero-order chi connectivity index (χ0) is 15.0. The van der Waals surface area contributed by atoms with Crippen molar-refractivity contribution < 1.29 is 9.59 Å². The second-order valence-electron chi connectivity index (χ2n) is 5.20. The van der Waals surface area contributed by atoms with Crippen LogP contribution in [0.15, 0.2) is 16.8 Å². The standard InChI is InChI=1S/C15H24N2O2S/c1-4-17(10-12(2)3)14(18)6-5-8-16-15(19)13-7-9-20-11-13/h7,9,11-12H,4-6,8,10H2,1-3H3,(H,16,19). The van der Waals surface area contributed by atoms with Gasteiger partial charge >= 0.3 is 0 Å². The number of carbonyl (C=O) groups is 2. The molecule has 1 aromatic heterocycles. The molecule has 0 saturated carbocycles. The number of amides is 2. The van der Waals surface area contributed by atoms with Crippen LogP contribution in [0.1, 0.15) is 44.0 Å². The van der Waals surface area contributed by atoms with Gasteiger partial charge in [-0.3, -0.25) is 9.59 Å². The highest BCUT2D eigenvalue weighted by Gasteiger charge is 2.12. The molecule has 1 heterocycles. The minimum Gasteiger partial charge on any atom is -0.352 e. The van der Waals surface area contributed by atoms with Crippen LogP contribution in [0.25, 0.3) is 0 Å². The summed E-state index contributed by atoms with van der Waals surface area (Å²) in [6, 6.07) is 1.80. The van der Waals surface area contributed by atoms with Crippen LogP contribution in [-0.4, -0.2) is 36.3 Å². The molecule has 0 unspecified atom stereocenters. The third kappa shape index (κ3) is 5.74. The SMILES string of the molecule is CCN(CC(C)C)C(=O)CCCNC(=O)c1ccsc1. The minimum atomic E-state index is -0.0618. The summed E-state index contributed by atoms with van der Waals surface area (Å²) in [7, 11) is 0. The monoisotopic (exact) mass is 296 g/mol. The van der Waals surface area contributed by atoms with E-state index in [0.717, 1.165) is 13.1 Å². The number of nitrogens with zero attached hydrogens (tertiary/aromatic N) is 1. The Morgan fingerprint density at radius 1 is 1.40 bits per heavy atom. The molecule has 20 heavy (non-hydrogen) atoms. The van der Waals surface area contributed by atoms with Gasteiger partial charge in [-0.05, 0) is 30.7 Å². The van der Waals surface area contributed by atoms with Gasteiger partial charge in [0.1, 0.15) is 0 Å². The van der Waals surface area contributed by atoms with Crippen molar-refractivity contribution in [3.05, 3.63) is 22.4 Å². The molecule has 0 saturated heterocycles. The van der Waals surface area contributed by atoms with E-state index in [0.29, 0.717) is 30.9 Å². The lowest BCUT2D eigenvalue weighted by Crippen LogP contribution is -2.34. The smallest absolute Gasteiger partial charge is 0.252 e. The summed E-state index contributed by atoms with van der Waals surface area (Å²) in [4.78, 5) is 25.6. The van der Waals surface area contributed by atoms with E-state index in [1.807, 2.05) is 22.6 Å². The molecule has 0 radical (unpaired) electrons. The average molecular weight is 296 g/mol. The van der Waals surface area contributed by atoms with Gasteiger partial charge in [-0.1, -0.05) is 13.8 Å². The van der Waals surface area contributed by atoms with Crippen molar-refractivity contribution in [2.75, 3.05) is 19.6 Å². The maximum absolute atomic E-state index is 12.0. The third-order valence-electron chi connectivity index (χ3n) is 2.96. The normalized spacial score (nSPS) is 10.6. The van der Waals surface area contributed by atoms with Crippen molar-refractivity contribution in [3.8, 4) is 0 Å². The van der Waals surface area contributed by atoms with E-state index in [4.69, 9.17) is 0 Å². The first-order chi connectivity index (χ1) is 9.54. The first-order valence-electron chi connectivity index (χ1n) is 7.12. The summed E-state index contributed by atoms with van der Waals surface area (Å²) >= 11 is 1.50. The maximum Gasteiger partial charge on any atom is 0.252 e. The van der Waals surface area contributed by atoms with Crippen LogP contribution in [0.2, 0.25) is 0 Å². The largest absolute Gasteiger partial charge is 0.352 e. The summed E-state index contributed by atoms with van der Waals surface area (Å²) in [5.41, 5.74) is 0.691. The highest BCUT2D eigenvalue weighted by atomic mass is 32.1. The van der Waals surface area contributed by atoms with Gasteiger partial charge in [-0.2, -0.15) is 11.3 Å². The van der Waals surface area contributed by atoms with Crippen molar-refractivity contribution in [3.63, 3.8) is 0 Å². The zero-order valence-corrected chi connectivity index (χ0v) is 13.3. The van der Waals surface area contributed by atoms with Crippen LogP contribution >= 0.6 is 11.3 Å². The van der Waals surface area contributed by atoms with Crippen molar-refractivity contribution >= 4 is 23.2 Å². The Balaban J connectivity index is 2.23. The van der Waals surface area contributed by atoms with E-state index < -0.39 is 0 Å². The number of nitrogens with one attached hydrogen (secondary N) is 1. The van der Waals surface area contributed by atoms with E-state index in [9.17, 15) is 9.59 Å². The van der Waals surface area contributed by atoms with Gasteiger partial charge in [0.2, 0.25) is 5.91 Å². The predicted molar refractivity (Wildman–Crippen MR) is 83.0 cm³/mol. The first kappa shape index (κ1) is 16.7. The first-order valence-corrected chi connectivity index (χ1v) is 8.07. The van der Waals surface area contributed by atoms with E-state index in [1.54, 1.807) is 6.07 Å². The fourth-order valence-corrected chi connectivity index (χ4v) is 2.58. The summed E-state index contributed by atoms with van der Waals surface area (Å²) in [6.07, 6.45) is 1.17. The topological polar surface area (TPSA) is 49.4 Å². The van der Waals surface area contributed by atoms with E-state index in [2.05, 4.69) is 19.2 Å². The van der Waals surface area contributed by atoms with Crippen molar-refractivity contribution in [2.24, 2.45) is 5.92 Å².